The molecule has 0 N–H and O–H groups in total. The molecule has 0 aliphatic rings. The van der Waals surface area contributed by atoms with Gasteiger partial charge in [0.05, 0.1) is 11.3 Å². The second-order valence-corrected chi connectivity index (χ2v) is 10.1. The van der Waals surface area contributed by atoms with E-state index in [0.29, 0.717) is 11.3 Å². The van der Waals surface area contributed by atoms with Gasteiger partial charge in [0.15, 0.2) is 0 Å². The van der Waals surface area contributed by atoms with Crippen molar-refractivity contribution in [1.29, 1.82) is 0 Å². The largest absolute Gasteiger partial charge is 0.418 e. The lowest BCUT2D eigenvalue weighted by molar-refractivity contribution is -0.137. The predicted molar refractivity (Wildman–Crippen MR) is 142 cm³/mol. The van der Waals surface area contributed by atoms with Gasteiger partial charge in [0.2, 0.25) is 0 Å². The molecule has 4 aromatic carbocycles. The van der Waals surface area contributed by atoms with Gasteiger partial charge in [0, 0.05) is 11.8 Å². The molecule has 5 aromatic rings. The second kappa shape index (κ2) is 8.94. The first kappa shape index (κ1) is 23.8. The van der Waals surface area contributed by atoms with Gasteiger partial charge in [-0.2, -0.15) is 13.2 Å². The molecule has 0 atom stereocenters. The number of fused-ring (bicyclic) bond motifs is 1. The van der Waals surface area contributed by atoms with Gasteiger partial charge in [-0.25, -0.2) is 0 Å². The Labute approximate surface area is 209 Å². The highest BCUT2D eigenvalue weighted by molar-refractivity contribution is 5.91. The summed E-state index contributed by atoms with van der Waals surface area (Å²) in [6, 6.07) is 30.7. The van der Waals surface area contributed by atoms with Crippen molar-refractivity contribution in [2.45, 2.75) is 32.4 Å². The van der Waals surface area contributed by atoms with Crippen molar-refractivity contribution in [3.63, 3.8) is 0 Å². The van der Waals surface area contributed by atoms with E-state index < -0.39 is 11.7 Å². The summed E-state index contributed by atoms with van der Waals surface area (Å²) < 4.78 is 42.0. The van der Waals surface area contributed by atoms with Crippen LogP contribution in [0.25, 0.3) is 44.3 Å². The number of pyridine rings is 1. The van der Waals surface area contributed by atoms with E-state index in [1.165, 1.54) is 0 Å². The maximum absolute atomic E-state index is 14.0. The number of alkyl halides is 3. The molecule has 4 heteroatoms. The van der Waals surface area contributed by atoms with E-state index in [0.717, 1.165) is 39.2 Å². The number of nitrogens with zero attached hydrogens (tertiary/aromatic N) is 1. The zero-order chi connectivity index (χ0) is 25.5. The van der Waals surface area contributed by atoms with Crippen LogP contribution in [0, 0.1) is 0 Å². The summed E-state index contributed by atoms with van der Waals surface area (Å²) in [7, 11) is 0. The van der Waals surface area contributed by atoms with Crippen molar-refractivity contribution in [3.8, 4) is 33.5 Å². The zero-order valence-electron chi connectivity index (χ0n) is 20.4. The Bertz CT molecular complexity index is 1530. The predicted octanol–water partition coefficient (Wildman–Crippen LogP) is 9.55. The van der Waals surface area contributed by atoms with Crippen molar-refractivity contribution in [2.24, 2.45) is 0 Å². The minimum absolute atomic E-state index is 0.123. The van der Waals surface area contributed by atoms with E-state index in [1.54, 1.807) is 18.2 Å². The van der Waals surface area contributed by atoms with Crippen LogP contribution in [0.2, 0.25) is 0 Å². The highest BCUT2D eigenvalue weighted by atomic mass is 19.4. The van der Waals surface area contributed by atoms with Crippen molar-refractivity contribution in [3.05, 3.63) is 114 Å². The fourth-order valence-corrected chi connectivity index (χ4v) is 4.63. The van der Waals surface area contributed by atoms with Crippen molar-refractivity contribution in [2.75, 3.05) is 0 Å². The minimum atomic E-state index is -4.51. The lowest BCUT2D eigenvalue weighted by Crippen LogP contribution is -2.12. The minimum Gasteiger partial charge on any atom is -0.256 e. The molecular weight excluding hydrogens is 455 g/mol. The van der Waals surface area contributed by atoms with Gasteiger partial charge < -0.3 is 0 Å². The van der Waals surface area contributed by atoms with Gasteiger partial charge in [-0.05, 0) is 62.2 Å². The van der Waals surface area contributed by atoms with Crippen LogP contribution in [-0.2, 0) is 11.6 Å². The molecular formula is C32H26F3N. The number of aromatic nitrogens is 1. The highest BCUT2D eigenvalue weighted by Gasteiger charge is 2.34. The Hall–Kier alpha value is -3.92. The third kappa shape index (κ3) is 4.64. The standard InChI is InChI=1S/C32H26F3N/c1-31(2,3)28-18-25(17-24-11-7-8-12-26(24)28)30-19-27(29(20-36-30)32(33,34)35)23-15-13-22(14-16-23)21-9-5-4-6-10-21/h4-20H,1-3H3. The molecule has 1 aromatic heterocycles. The van der Waals surface area contributed by atoms with Gasteiger partial charge in [0.1, 0.15) is 0 Å². The molecule has 0 amide bonds. The lowest BCUT2D eigenvalue weighted by Gasteiger charge is -2.23. The van der Waals surface area contributed by atoms with Crippen molar-refractivity contribution < 1.29 is 13.2 Å². The average Bonchev–Trinajstić information content (AvgIpc) is 2.87. The topological polar surface area (TPSA) is 12.9 Å². The van der Waals surface area contributed by atoms with Gasteiger partial charge in [0.25, 0.3) is 0 Å². The van der Waals surface area contributed by atoms with Crippen LogP contribution in [0.15, 0.2) is 103 Å². The van der Waals surface area contributed by atoms with Gasteiger partial charge >= 0.3 is 6.18 Å². The van der Waals surface area contributed by atoms with Crippen LogP contribution in [0.4, 0.5) is 13.2 Å². The number of rotatable bonds is 3. The van der Waals surface area contributed by atoms with E-state index in [2.05, 4.69) is 37.9 Å². The molecule has 36 heavy (non-hydrogen) atoms. The van der Waals surface area contributed by atoms with E-state index in [1.807, 2.05) is 66.7 Å². The van der Waals surface area contributed by atoms with Crippen LogP contribution in [0.5, 0.6) is 0 Å². The monoisotopic (exact) mass is 481 g/mol. The lowest BCUT2D eigenvalue weighted by atomic mass is 9.82. The fraction of sp³-hybridized carbons (Fsp3) is 0.156. The number of hydrogen-bond donors (Lipinski definition) is 0. The zero-order valence-corrected chi connectivity index (χ0v) is 20.4. The van der Waals surface area contributed by atoms with E-state index in [-0.39, 0.29) is 11.0 Å². The van der Waals surface area contributed by atoms with Gasteiger partial charge in [-0.1, -0.05) is 99.6 Å². The summed E-state index contributed by atoms with van der Waals surface area (Å²) in [6.45, 7) is 6.41. The average molecular weight is 482 g/mol. The van der Waals surface area contributed by atoms with Gasteiger partial charge in [-0.15, -0.1) is 0 Å². The molecule has 1 nitrogen and oxygen atoms in total. The molecule has 0 radical (unpaired) electrons. The van der Waals surface area contributed by atoms with Crippen LogP contribution in [0.1, 0.15) is 31.9 Å². The summed E-state index contributed by atoms with van der Waals surface area (Å²) in [5.74, 6) is 0. The Kier molecular flexibility index (Phi) is 5.91. The van der Waals surface area contributed by atoms with Crippen LogP contribution in [-0.4, -0.2) is 4.98 Å². The van der Waals surface area contributed by atoms with Crippen molar-refractivity contribution >= 4 is 10.8 Å². The fourth-order valence-electron chi connectivity index (χ4n) is 4.63. The maximum Gasteiger partial charge on any atom is 0.418 e. The summed E-state index contributed by atoms with van der Waals surface area (Å²) >= 11 is 0. The molecule has 0 spiro atoms. The highest BCUT2D eigenvalue weighted by Crippen LogP contribution is 2.40. The number of halogens is 3. The van der Waals surface area contributed by atoms with Crippen molar-refractivity contribution in [1.82, 2.24) is 4.98 Å². The summed E-state index contributed by atoms with van der Waals surface area (Å²) in [5.41, 5.74) is 4.16. The molecule has 0 aliphatic heterocycles. The Morgan fingerprint density at radius 1 is 0.583 bits per heavy atom. The van der Waals surface area contributed by atoms with Crippen LogP contribution in [0.3, 0.4) is 0 Å². The molecule has 0 saturated carbocycles. The summed E-state index contributed by atoms with van der Waals surface area (Å²) in [6.07, 6.45) is -3.55. The Balaban J connectivity index is 1.66. The Morgan fingerprint density at radius 2 is 1.19 bits per heavy atom. The molecule has 5 rings (SSSR count). The Morgan fingerprint density at radius 3 is 1.86 bits per heavy atom. The van der Waals surface area contributed by atoms with E-state index >= 15 is 0 Å². The molecule has 0 unspecified atom stereocenters. The third-order valence-corrected chi connectivity index (χ3v) is 6.48. The number of hydrogen-bond acceptors (Lipinski definition) is 1. The summed E-state index contributed by atoms with van der Waals surface area (Å²) in [5, 5.41) is 2.17. The first-order valence-corrected chi connectivity index (χ1v) is 11.9. The van der Waals surface area contributed by atoms with E-state index in [4.69, 9.17) is 0 Å². The SMILES string of the molecule is CC(C)(C)c1cc(-c2cc(-c3ccc(-c4ccccc4)cc3)c(C(F)(F)F)cn2)cc2ccccc12. The molecule has 0 fully saturated rings. The number of benzene rings is 4. The normalized spacial score (nSPS) is 12.2. The van der Waals surface area contributed by atoms with Crippen LogP contribution < -0.4 is 0 Å². The smallest absolute Gasteiger partial charge is 0.256 e. The first-order chi connectivity index (χ1) is 17.1. The quantitative estimate of drug-likeness (QED) is 0.250. The molecule has 0 bridgehead atoms. The van der Waals surface area contributed by atoms with E-state index in [9.17, 15) is 13.2 Å². The molecule has 0 aliphatic carbocycles. The second-order valence-electron chi connectivity index (χ2n) is 10.1. The summed E-state index contributed by atoms with van der Waals surface area (Å²) in [4.78, 5) is 4.28. The molecule has 180 valence electrons. The van der Waals surface area contributed by atoms with Crippen LogP contribution >= 0.6 is 0 Å². The third-order valence-electron chi connectivity index (χ3n) is 6.48. The first-order valence-electron chi connectivity index (χ1n) is 11.9. The van der Waals surface area contributed by atoms with Gasteiger partial charge in [-0.3, -0.25) is 4.98 Å². The molecule has 0 saturated heterocycles. The molecule has 1 heterocycles. The maximum atomic E-state index is 14.0.